The highest BCUT2D eigenvalue weighted by Crippen LogP contribution is 2.18. The highest BCUT2D eigenvalue weighted by Gasteiger charge is 2.24. The lowest BCUT2D eigenvalue weighted by atomic mass is 10.0. The Kier molecular flexibility index (Phi) is 42.7. The average Bonchev–Trinajstić information content (AvgIpc) is 3.19. The zero-order chi connectivity index (χ0) is 41.0. The molecule has 0 heterocycles. The van der Waals surface area contributed by atoms with E-state index >= 15 is 0 Å². The van der Waals surface area contributed by atoms with Crippen LogP contribution in [0.5, 0.6) is 0 Å². The van der Waals surface area contributed by atoms with E-state index < -0.39 is 18.2 Å². The van der Waals surface area contributed by atoms with E-state index in [0.29, 0.717) is 19.3 Å². The predicted octanol–water partition coefficient (Wildman–Crippen LogP) is 14.1. The Morgan fingerprint density at radius 3 is 1.45 bits per heavy atom. The van der Waals surface area contributed by atoms with E-state index in [-0.39, 0.29) is 24.9 Å². The first kappa shape index (κ1) is 54.1. The van der Waals surface area contributed by atoms with Gasteiger partial charge in [0.05, 0.1) is 25.2 Å². The number of aliphatic hydroxyl groups is 2. The number of nitrogens with one attached hydrogen (secondary N) is 1. The van der Waals surface area contributed by atoms with Crippen LogP contribution in [0.2, 0.25) is 0 Å². The van der Waals surface area contributed by atoms with E-state index in [1.165, 1.54) is 141 Å². The van der Waals surface area contributed by atoms with Gasteiger partial charge in [0.2, 0.25) is 5.91 Å². The monoisotopic (exact) mass is 788 g/mol. The molecule has 0 fully saturated rings. The molecule has 0 rings (SSSR count). The predicted molar refractivity (Wildman–Crippen MR) is 241 cm³/mol. The van der Waals surface area contributed by atoms with Crippen LogP contribution in [0.15, 0.2) is 36.5 Å². The van der Waals surface area contributed by atoms with E-state index in [4.69, 9.17) is 4.74 Å². The molecule has 0 aromatic heterocycles. The summed E-state index contributed by atoms with van der Waals surface area (Å²) < 4.78 is 5.91. The van der Waals surface area contributed by atoms with Crippen molar-refractivity contribution in [1.29, 1.82) is 0 Å². The Balaban J connectivity index is 4.53. The lowest BCUT2D eigenvalue weighted by Crippen LogP contribution is -2.46. The number of aliphatic hydroxyl groups excluding tert-OH is 2. The van der Waals surface area contributed by atoms with Gasteiger partial charge in [-0.3, -0.25) is 9.59 Å². The maximum absolute atomic E-state index is 13.1. The highest BCUT2D eigenvalue weighted by atomic mass is 16.5. The minimum atomic E-state index is -0.785. The Labute approximate surface area is 347 Å². The molecular formula is C50H93NO5. The lowest BCUT2D eigenvalue weighted by molar-refractivity contribution is -0.151. The summed E-state index contributed by atoms with van der Waals surface area (Å²) in [4.78, 5) is 26.0. The Morgan fingerprint density at radius 1 is 0.536 bits per heavy atom. The Bertz CT molecular complexity index is 930. The molecule has 56 heavy (non-hydrogen) atoms. The van der Waals surface area contributed by atoms with Gasteiger partial charge in [0.25, 0.3) is 0 Å². The van der Waals surface area contributed by atoms with E-state index in [0.717, 1.165) is 57.8 Å². The fourth-order valence-corrected chi connectivity index (χ4v) is 7.37. The molecule has 0 bridgehead atoms. The van der Waals surface area contributed by atoms with Crippen LogP contribution in [-0.2, 0) is 14.3 Å². The first-order valence-electron chi connectivity index (χ1n) is 24.2. The summed E-state index contributed by atoms with van der Waals surface area (Å²) in [5.74, 6) is -0.481. The standard InChI is InChI=1S/C50H93NO5/c1-4-7-10-13-16-19-22-24-25-26-28-31-34-37-40-43-50(55)56-46(41-38-35-32-29-21-18-15-12-9-6-3)44-49(54)51-47(45-52)48(53)42-39-36-33-30-27-23-20-17-14-11-8-5-2/h7,10,13,16,19,22,46-48,52-53H,4-6,8-9,11-12,14-15,17-18,20-21,23-45H2,1-3H3,(H,51,54)/b10-7+,16-13+,22-19+. The van der Waals surface area contributed by atoms with Crippen molar-refractivity contribution in [3.05, 3.63) is 36.5 Å². The number of allylic oxidation sites excluding steroid dienone is 6. The van der Waals surface area contributed by atoms with Crippen molar-refractivity contribution < 1.29 is 24.5 Å². The minimum Gasteiger partial charge on any atom is -0.462 e. The molecule has 0 aliphatic rings. The zero-order valence-electron chi connectivity index (χ0n) is 37.3. The molecule has 3 atom stereocenters. The van der Waals surface area contributed by atoms with Crippen molar-refractivity contribution in [1.82, 2.24) is 5.32 Å². The van der Waals surface area contributed by atoms with Gasteiger partial charge in [-0.1, -0.05) is 224 Å². The van der Waals surface area contributed by atoms with E-state index in [9.17, 15) is 19.8 Å². The second-order valence-electron chi connectivity index (χ2n) is 16.6. The van der Waals surface area contributed by atoms with E-state index in [1.54, 1.807) is 0 Å². The largest absolute Gasteiger partial charge is 0.462 e. The zero-order valence-corrected chi connectivity index (χ0v) is 37.3. The van der Waals surface area contributed by atoms with Gasteiger partial charge in [-0.2, -0.15) is 0 Å². The van der Waals surface area contributed by atoms with Gasteiger partial charge in [-0.05, 0) is 44.9 Å². The number of carbonyl (C=O) groups is 2. The van der Waals surface area contributed by atoms with Crippen LogP contribution in [0.1, 0.15) is 245 Å². The minimum absolute atomic E-state index is 0.0758. The smallest absolute Gasteiger partial charge is 0.306 e. The highest BCUT2D eigenvalue weighted by molar-refractivity contribution is 5.77. The molecule has 0 spiro atoms. The number of hydrogen-bond donors (Lipinski definition) is 3. The van der Waals surface area contributed by atoms with Gasteiger partial charge in [0.15, 0.2) is 0 Å². The lowest BCUT2D eigenvalue weighted by Gasteiger charge is -2.24. The molecule has 0 saturated carbocycles. The van der Waals surface area contributed by atoms with Crippen LogP contribution in [0.4, 0.5) is 0 Å². The van der Waals surface area contributed by atoms with Gasteiger partial charge < -0.3 is 20.3 Å². The third-order valence-corrected chi connectivity index (χ3v) is 11.0. The normalized spacial score (nSPS) is 13.6. The van der Waals surface area contributed by atoms with Gasteiger partial charge in [-0.25, -0.2) is 0 Å². The molecule has 6 heteroatoms. The molecule has 0 aromatic rings. The fraction of sp³-hybridized carbons (Fsp3) is 0.840. The topological polar surface area (TPSA) is 95.9 Å². The SMILES string of the molecule is CC/C=C/C=C/C=C/CCCCCCCCCC(=O)OC(CCCCCCCCCCCC)CC(=O)NC(CO)C(O)CCCCCCCCCCCCCC. The summed E-state index contributed by atoms with van der Waals surface area (Å²) in [7, 11) is 0. The van der Waals surface area contributed by atoms with Crippen LogP contribution in [-0.4, -0.2) is 46.9 Å². The maximum Gasteiger partial charge on any atom is 0.306 e. The third kappa shape index (κ3) is 38.9. The molecule has 0 saturated heterocycles. The number of hydrogen-bond acceptors (Lipinski definition) is 5. The molecule has 0 aliphatic heterocycles. The van der Waals surface area contributed by atoms with Crippen molar-refractivity contribution in [2.24, 2.45) is 0 Å². The van der Waals surface area contributed by atoms with Crippen LogP contribution < -0.4 is 5.32 Å². The Morgan fingerprint density at radius 2 is 0.964 bits per heavy atom. The molecule has 0 aliphatic carbocycles. The summed E-state index contributed by atoms with van der Waals surface area (Å²) in [6, 6.07) is -0.699. The Hall–Kier alpha value is -1.92. The third-order valence-electron chi connectivity index (χ3n) is 11.0. The van der Waals surface area contributed by atoms with E-state index in [2.05, 4.69) is 62.5 Å². The maximum atomic E-state index is 13.1. The molecule has 1 amide bonds. The van der Waals surface area contributed by atoms with Crippen molar-refractivity contribution in [2.45, 2.75) is 264 Å². The second kappa shape index (κ2) is 44.2. The molecule has 328 valence electrons. The molecule has 3 N–H and O–H groups in total. The quantitative estimate of drug-likeness (QED) is 0.0325. The van der Waals surface area contributed by atoms with Gasteiger partial charge in [0.1, 0.15) is 6.10 Å². The number of esters is 1. The fourth-order valence-electron chi connectivity index (χ4n) is 7.37. The van der Waals surface area contributed by atoms with Gasteiger partial charge in [0, 0.05) is 6.42 Å². The second-order valence-corrected chi connectivity index (χ2v) is 16.6. The molecule has 6 nitrogen and oxygen atoms in total. The van der Waals surface area contributed by atoms with Crippen molar-refractivity contribution in [3.8, 4) is 0 Å². The summed E-state index contributed by atoms with van der Waals surface area (Å²) in [6.07, 6.45) is 50.6. The van der Waals surface area contributed by atoms with Crippen LogP contribution >= 0.6 is 0 Å². The van der Waals surface area contributed by atoms with Gasteiger partial charge >= 0.3 is 5.97 Å². The summed E-state index contributed by atoms with van der Waals surface area (Å²) >= 11 is 0. The average molecular weight is 788 g/mol. The van der Waals surface area contributed by atoms with Gasteiger partial charge in [-0.15, -0.1) is 0 Å². The molecule has 0 radical (unpaired) electrons. The van der Waals surface area contributed by atoms with Crippen LogP contribution in [0.3, 0.4) is 0 Å². The molecular weight excluding hydrogens is 695 g/mol. The molecule has 0 aromatic carbocycles. The number of ether oxygens (including phenoxy) is 1. The summed E-state index contributed by atoms with van der Waals surface area (Å²) in [5.41, 5.74) is 0. The van der Waals surface area contributed by atoms with Crippen molar-refractivity contribution >= 4 is 11.9 Å². The van der Waals surface area contributed by atoms with Crippen LogP contribution in [0.25, 0.3) is 0 Å². The van der Waals surface area contributed by atoms with Crippen LogP contribution in [0, 0.1) is 0 Å². The summed E-state index contributed by atoms with van der Waals surface area (Å²) in [5, 5.41) is 23.7. The number of unbranched alkanes of at least 4 members (excludes halogenated alkanes) is 27. The molecule has 3 unspecified atom stereocenters. The first-order chi connectivity index (χ1) is 27.5. The first-order valence-corrected chi connectivity index (χ1v) is 24.2. The van der Waals surface area contributed by atoms with E-state index in [1.807, 2.05) is 0 Å². The van der Waals surface area contributed by atoms with Crippen molar-refractivity contribution in [3.63, 3.8) is 0 Å². The van der Waals surface area contributed by atoms with Crippen molar-refractivity contribution in [2.75, 3.05) is 6.61 Å². The number of carbonyl (C=O) groups excluding carboxylic acids is 2. The number of amides is 1. The summed E-state index contributed by atoms with van der Waals surface area (Å²) in [6.45, 7) is 6.34. The number of rotatable bonds is 43.